The first-order chi connectivity index (χ1) is 6.84. The van der Waals surface area contributed by atoms with Crippen LogP contribution in [-0.4, -0.2) is 17.5 Å². The van der Waals surface area contributed by atoms with Crippen molar-refractivity contribution in [2.45, 2.75) is 6.54 Å². The molecule has 0 atom stereocenters. The monoisotopic (exact) mass is 188 g/mol. The van der Waals surface area contributed by atoms with Crippen LogP contribution in [0.15, 0.2) is 42.6 Å². The number of rotatable bonds is 2. The Hall–Kier alpha value is -1.77. The summed E-state index contributed by atoms with van der Waals surface area (Å²) in [7, 11) is 0. The van der Waals surface area contributed by atoms with Crippen molar-refractivity contribution in [3.8, 4) is 0 Å². The van der Waals surface area contributed by atoms with Crippen molar-refractivity contribution in [1.29, 1.82) is 0 Å². The fraction of sp³-hybridized carbons (Fsp3) is 0.182. The van der Waals surface area contributed by atoms with E-state index < -0.39 is 0 Å². The molecule has 2 rings (SSSR count). The molecule has 1 N–H and O–H groups in total. The molecule has 0 radical (unpaired) electrons. The lowest BCUT2D eigenvalue weighted by molar-refractivity contribution is -0.117. The number of carbonyl (C=O) groups is 1. The summed E-state index contributed by atoms with van der Waals surface area (Å²) in [5.74, 6) is -0.0192. The molecule has 0 aromatic heterocycles. The van der Waals surface area contributed by atoms with E-state index in [9.17, 15) is 4.79 Å². The number of amides is 1. The van der Waals surface area contributed by atoms with Gasteiger partial charge in [-0.1, -0.05) is 30.3 Å². The standard InChI is InChI=1S/C11H12N2O/c14-11-6-7-13(9-12-11)8-10-4-2-1-3-5-10/h1-7H,8-9H2,(H,12,14). The zero-order valence-corrected chi connectivity index (χ0v) is 7.81. The third kappa shape index (κ3) is 2.13. The first-order valence-electron chi connectivity index (χ1n) is 4.58. The predicted molar refractivity (Wildman–Crippen MR) is 54.1 cm³/mol. The lowest BCUT2D eigenvalue weighted by atomic mass is 10.2. The highest BCUT2D eigenvalue weighted by Crippen LogP contribution is 2.05. The smallest absolute Gasteiger partial charge is 0.246 e. The predicted octanol–water partition coefficient (Wildman–Crippen LogP) is 1.09. The Bertz CT molecular complexity index is 346. The summed E-state index contributed by atoms with van der Waals surface area (Å²) in [6, 6.07) is 10.2. The van der Waals surface area contributed by atoms with E-state index >= 15 is 0 Å². The van der Waals surface area contributed by atoms with E-state index in [0.717, 1.165) is 6.54 Å². The Morgan fingerprint density at radius 1 is 1.29 bits per heavy atom. The summed E-state index contributed by atoms with van der Waals surface area (Å²) >= 11 is 0. The van der Waals surface area contributed by atoms with Crippen LogP contribution in [-0.2, 0) is 11.3 Å². The molecule has 0 fully saturated rings. The fourth-order valence-corrected chi connectivity index (χ4v) is 1.39. The van der Waals surface area contributed by atoms with E-state index in [1.54, 1.807) is 6.08 Å². The SMILES string of the molecule is O=C1C=CN(Cc2ccccc2)CN1. The van der Waals surface area contributed by atoms with E-state index in [0.29, 0.717) is 6.67 Å². The minimum absolute atomic E-state index is 0.0192. The molecule has 1 aliphatic rings. The number of hydrogen-bond donors (Lipinski definition) is 1. The molecule has 0 saturated heterocycles. The van der Waals surface area contributed by atoms with Crippen LogP contribution >= 0.6 is 0 Å². The van der Waals surface area contributed by atoms with Gasteiger partial charge in [-0.05, 0) is 5.56 Å². The minimum atomic E-state index is -0.0192. The lowest BCUT2D eigenvalue weighted by Gasteiger charge is -2.23. The Morgan fingerprint density at radius 2 is 2.07 bits per heavy atom. The van der Waals surface area contributed by atoms with Crippen LogP contribution in [0.25, 0.3) is 0 Å². The van der Waals surface area contributed by atoms with Gasteiger partial charge in [0.1, 0.15) is 0 Å². The van der Waals surface area contributed by atoms with Crippen molar-refractivity contribution in [3.05, 3.63) is 48.2 Å². The molecule has 0 spiro atoms. The summed E-state index contributed by atoms with van der Waals surface area (Å²) in [4.78, 5) is 12.9. The van der Waals surface area contributed by atoms with Crippen LogP contribution in [0, 0.1) is 0 Å². The van der Waals surface area contributed by atoms with Crippen LogP contribution < -0.4 is 5.32 Å². The molecule has 1 aromatic carbocycles. The largest absolute Gasteiger partial charge is 0.356 e. The second-order valence-electron chi connectivity index (χ2n) is 3.25. The van der Waals surface area contributed by atoms with Gasteiger partial charge in [-0.25, -0.2) is 0 Å². The molecule has 3 heteroatoms. The fourth-order valence-electron chi connectivity index (χ4n) is 1.39. The second kappa shape index (κ2) is 3.96. The lowest BCUT2D eigenvalue weighted by Crippen LogP contribution is -2.37. The highest BCUT2D eigenvalue weighted by Gasteiger charge is 2.07. The number of nitrogens with one attached hydrogen (secondary N) is 1. The summed E-state index contributed by atoms with van der Waals surface area (Å²) in [6.07, 6.45) is 3.37. The van der Waals surface area contributed by atoms with Crippen LogP contribution in [0.2, 0.25) is 0 Å². The van der Waals surface area contributed by atoms with Gasteiger partial charge >= 0.3 is 0 Å². The van der Waals surface area contributed by atoms with Gasteiger partial charge in [-0.2, -0.15) is 0 Å². The highest BCUT2D eigenvalue weighted by atomic mass is 16.1. The van der Waals surface area contributed by atoms with Crippen molar-refractivity contribution in [1.82, 2.24) is 10.2 Å². The van der Waals surface area contributed by atoms with Crippen molar-refractivity contribution >= 4 is 5.91 Å². The molecular formula is C11H12N2O. The van der Waals surface area contributed by atoms with Crippen molar-refractivity contribution in [2.75, 3.05) is 6.67 Å². The van der Waals surface area contributed by atoms with Crippen LogP contribution in [0.3, 0.4) is 0 Å². The first-order valence-corrected chi connectivity index (χ1v) is 4.58. The molecule has 1 amide bonds. The minimum Gasteiger partial charge on any atom is -0.356 e. The van der Waals surface area contributed by atoms with E-state index in [2.05, 4.69) is 22.3 Å². The Kier molecular flexibility index (Phi) is 2.49. The first kappa shape index (κ1) is 8.81. The van der Waals surface area contributed by atoms with Crippen molar-refractivity contribution in [3.63, 3.8) is 0 Å². The Labute approximate surface area is 83.0 Å². The van der Waals surface area contributed by atoms with Gasteiger partial charge < -0.3 is 10.2 Å². The Balaban J connectivity index is 1.99. The third-order valence-corrected chi connectivity index (χ3v) is 2.12. The molecule has 14 heavy (non-hydrogen) atoms. The quantitative estimate of drug-likeness (QED) is 0.753. The van der Waals surface area contributed by atoms with E-state index in [-0.39, 0.29) is 5.91 Å². The maximum atomic E-state index is 10.8. The van der Waals surface area contributed by atoms with E-state index in [1.807, 2.05) is 24.4 Å². The van der Waals surface area contributed by atoms with E-state index in [1.165, 1.54) is 5.56 Å². The zero-order chi connectivity index (χ0) is 9.80. The molecule has 1 aromatic rings. The number of carbonyl (C=O) groups excluding carboxylic acids is 1. The summed E-state index contributed by atoms with van der Waals surface area (Å²) in [5, 5.41) is 2.75. The zero-order valence-electron chi connectivity index (χ0n) is 7.81. The number of hydrogen-bond acceptors (Lipinski definition) is 2. The molecule has 0 unspecified atom stereocenters. The maximum Gasteiger partial charge on any atom is 0.246 e. The van der Waals surface area contributed by atoms with E-state index in [4.69, 9.17) is 0 Å². The average Bonchev–Trinajstić information content (AvgIpc) is 2.23. The normalized spacial score (nSPS) is 15.4. The van der Waals surface area contributed by atoms with Gasteiger partial charge in [0.05, 0.1) is 6.67 Å². The van der Waals surface area contributed by atoms with Crippen LogP contribution in [0.1, 0.15) is 5.56 Å². The van der Waals surface area contributed by atoms with Crippen LogP contribution in [0.5, 0.6) is 0 Å². The Morgan fingerprint density at radius 3 is 2.71 bits per heavy atom. The van der Waals surface area contributed by atoms with Gasteiger partial charge in [0.15, 0.2) is 0 Å². The number of benzene rings is 1. The molecule has 1 aliphatic heterocycles. The van der Waals surface area contributed by atoms with Crippen LogP contribution in [0.4, 0.5) is 0 Å². The summed E-state index contributed by atoms with van der Waals surface area (Å²) in [5.41, 5.74) is 1.24. The second-order valence-corrected chi connectivity index (χ2v) is 3.25. The average molecular weight is 188 g/mol. The van der Waals surface area contributed by atoms with Gasteiger partial charge in [-0.3, -0.25) is 4.79 Å². The van der Waals surface area contributed by atoms with Crippen molar-refractivity contribution in [2.24, 2.45) is 0 Å². The third-order valence-electron chi connectivity index (χ3n) is 2.12. The number of nitrogens with zero attached hydrogens (tertiary/aromatic N) is 1. The molecule has 1 heterocycles. The maximum absolute atomic E-state index is 10.8. The highest BCUT2D eigenvalue weighted by molar-refractivity contribution is 5.87. The van der Waals surface area contributed by atoms with Gasteiger partial charge in [0.25, 0.3) is 0 Å². The summed E-state index contributed by atoms with van der Waals surface area (Å²) in [6.45, 7) is 1.42. The molecular weight excluding hydrogens is 176 g/mol. The van der Waals surface area contributed by atoms with Crippen molar-refractivity contribution < 1.29 is 4.79 Å². The molecule has 3 nitrogen and oxygen atoms in total. The molecule has 72 valence electrons. The molecule has 0 bridgehead atoms. The molecule has 0 aliphatic carbocycles. The van der Waals surface area contributed by atoms with Gasteiger partial charge in [0, 0.05) is 18.8 Å². The van der Waals surface area contributed by atoms with Gasteiger partial charge in [-0.15, -0.1) is 0 Å². The van der Waals surface area contributed by atoms with Gasteiger partial charge in [0.2, 0.25) is 5.91 Å². The summed E-state index contributed by atoms with van der Waals surface area (Å²) < 4.78 is 0. The topological polar surface area (TPSA) is 32.3 Å². The molecule has 0 saturated carbocycles.